The van der Waals surface area contributed by atoms with Gasteiger partial charge >= 0.3 is 12.2 Å². The fourth-order valence-corrected chi connectivity index (χ4v) is 2.81. The molecule has 2 aromatic carbocycles. The van der Waals surface area contributed by atoms with Crippen LogP contribution in [0.2, 0.25) is 0 Å². The zero-order chi connectivity index (χ0) is 22.6. The predicted molar refractivity (Wildman–Crippen MR) is 112 cm³/mol. The molecule has 0 spiro atoms. The lowest BCUT2D eigenvalue weighted by Crippen LogP contribution is -2.19. The lowest BCUT2D eigenvalue weighted by molar-refractivity contribution is -0.137. The van der Waals surface area contributed by atoms with Crippen LogP contribution in [0, 0.1) is 0 Å². The van der Waals surface area contributed by atoms with Gasteiger partial charge in [-0.05, 0) is 54.6 Å². The van der Waals surface area contributed by atoms with E-state index in [9.17, 15) is 18.0 Å². The van der Waals surface area contributed by atoms with E-state index in [4.69, 9.17) is 4.74 Å². The van der Waals surface area contributed by atoms with Gasteiger partial charge in [-0.25, -0.2) is 14.8 Å². The largest absolute Gasteiger partial charge is 0.439 e. The lowest BCUT2D eigenvalue weighted by Gasteiger charge is -2.11. The molecule has 2 amide bonds. The van der Waals surface area contributed by atoms with Crippen molar-refractivity contribution in [3.63, 3.8) is 0 Å². The molecule has 0 saturated heterocycles. The zero-order valence-electron chi connectivity index (χ0n) is 16.4. The van der Waals surface area contributed by atoms with Gasteiger partial charge in [0, 0.05) is 29.8 Å². The minimum absolute atomic E-state index is 0.0273. The molecular weight excluding hydrogens is 423 g/mol. The van der Waals surface area contributed by atoms with Crippen LogP contribution >= 0.6 is 0 Å². The van der Waals surface area contributed by atoms with Crippen LogP contribution in [0.4, 0.5) is 29.3 Å². The van der Waals surface area contributed by atoms with Crippen LogP contribution in [0.15, 0.2) is 85.5 Å². The summed E-state index contributed by atoms with van der Waals surface area (Å²) in [7, 11) is 0. The number of halogens is 3. The van der Waals surface area contributed by atoms with E-state index in [2.05, 4.69) is 20.6 Å². The number of amides is 2. The molecule has 2 heterocycles. The highest BCUT2D eigenvalue weighted by atomic mass is 19.4. The summed E-state index contributed by atoms with van der Waals surface area (Å²) < 4.78 is 45.9. The molecule has 4 aromatic rings. The van der Waals surface area contributed by atoms with Gasteiger partial charge in [-0.1, -0.05) is 6.07 Å². The van der Waals surface area contributed by atoms with Gasteiger partial charge in [-0.15, -0.1) is 0 Å². The lowest BCUT2D eigenvalue weighted by atomic mass is 10.2. The van der Waals surface area contributed by atoms with E-state index in [0.29, 0.717) is 23.1 Å². The van der Waals surface area contributed by atoms with E-state index < -0.39 is 17.8 Å². The van der Waals surface area contributed by atoms with Gasteiger partial charge in [-0.3, -0.25) is 0 Å². The van der Waals surface area contributed by atoms with Gasteiger partial charge in [0.25, 0.3) is 0 Å². The highest BCUT2D eigenvalue weighted by molar-refractivity contribution is 5.99. The van der Waals surface area contributed by atoms with Crippen molar-refractivity contribution in [1.29, 1.82) is 0 Å². The Morgan fingerprint density at radius 3 is 2.31 bits per heavy atom. The Kier molecular flexibility index (Phi) is 5.75. The van der Waals surface area contributed by atoms with Crippen molar-refractivity contribution in [2.24, 2.45) is 0 Å². The second kappa shape index (κ2) is 8.80. The van der Waals surface area contributed by atoms with E-state index in [1.807, 2.05) is 29.1 Å². The number of anilines is 2. The van der Waals surface area contributed by atoms with Crippen molar-refractivity contribution in [2.45, 2.75) is 6.18 Å². The first-order valence-corrected chi connectivity index (χ1v) is 9.35. The van der Waals surface area contributed by atoms with Gasteiger partial charge in [-0.2, -0.15) is 13.2 Å². The first kappa shape index (κ1) is 20.9. The molecular formula is C22H16F3N5O2. The number of nitrogens with zero attached hydrogens (tertiary/aromatic N) is 3. The number of carbonyl (C=O) groups excluding carboxylic acids is 1. The maximum absolute atomic E-state index is 12.8. The summed E-state index contributed by atoms with van der Waals surface area (Å²) in [5, 5.41) is 4.93. The minimum Gasteiger partial charge on any atom is -0.439 e. The number of benzene rings is 2. The van der Waals surface area contributed by atoms with E-state index in [-0.39, 0.29) is 5.69 Å². The Hall–Kier alpha value is -4.34. The van der Waals surface area contributed by atoms with Crippen LogP contribution in [0.3, 0.4) is 0 Å². The molecule has 0 saturated carbocycles. The second-order valence-electron chi connectivity index (χ2n) is 6.59. The molecule has 32 heavy (non-hydrogen) atoms. The van der Waals surface area contributed by atoms with Crippen molar-refractivity contribution < 1.29 is 22.7 Å². The number of hydrogen-bond donors (Lipinski definition) is 2. The van der Waals surface area contributed by atoms with Crippen LogP contribution in [0.25, 0.3) is 5.82 Å². The van der Waals surface area contributed by atoms with Crippen molar-refractivity contribution >= 4 is 17.4 Å². The third-order valence-corrected chi connectivity index (χ3v) is 4.28. The molecule has 4 rings (SSSR count). The molecule has 0 aliphatic carbocycles. The summed E-state index contributed by atoms with van der Waals surface area (Å²) >= 11 is 0. The Morgan fingerprint density at radius 1 is 0.875 bits per heavy atom. The average Bonchev–Trinajstić information content (AvgIpc) is 3.30. The van der Waals surface area contributed by atoms with Crippen molar-refractivity contribution in [3.8, 4) is 17.4 Å². The van der Waals surface area contributed by atoms with E-state index in [0.717, 1.165) is 12.1 Å². The maximum Gasteiger partial charge on any atom is 0.416 e. The molecule has 0 atom stereocenters. The number of rotatable bonds is 5. The average molecular weight is 439 g/mol. The zero-order valence-corrected chi connectivity index (χ0v) is 16.4. The number of urea groups is 1. The van der Waals surface area contributed by atoms with E-state index in [1.54, 1.807) is 30.3 Å². The molecule has 0 bridgehead atoms. The molecule has 0 fully saturated rings. The number of alkyl halides is 3. The molecule has 7 nitrogen and oxygen atoms in total. The number of hydrogen-bond acceptors (Lipinski definition) is 4. The highest BCUT2D eigenvalue weighted by Crippen LogP contribution is 2.30. The number of carbonyl (C=O) groups is 1. The third-order valence-electron chi connectivity index (χ3n) is 4.28. The Bertz CT molecular complexity index is 1210. The summed E-state index contributed by atoms with van der Waals surface area (Å²) in [6.45, 7) is 0. The highest BCUT2D eigenvalue weighted by Gasteiger charge is 2.30. The minimum atomic E-state index is -4.49. The fourth-order valence-electron chi connectivity index (χ4n) is 2.81. The summed E-state index contributed by atoms with van der Waals surface area (Å²) in [5.41, 5.74) is -0.390. The molecule has 0 radical (unpaired) electrons. The van der Waals surface area contributed by atoms with E-state index in [1.165, 1.54) is 18.5 Å². The van der Waals surface area contributed by atoms with Gasteiger partial charge in [0.15, 0.2) is 0 Å². The quantitative estimate of drug-likeness (QED) is 0.417. The van der Waals surface area contributed by atoms with Crippen LogP contribution in [0.5, 0.6) is 11.6 Å². The number of nitrogens with one attached hydrogen (secondary N) is 2. The van der Waals surface area contributed by atoms with Crippen LogP contribution in [-0.4, -0.2) is 20.6 Å². The second-order valence-corrected chi connectivity index (χ2v) is 6.59. The first-order chi connectivity index (χ1) is 15.4. The molecule has 2 N–H and O–H groups in total. The van der Waals surface area contributed by atoms with E-state index >= 15 is 0 Å². The van der Waals surface area contributed by atoms with Crippen molar-refractivity contribution in [2.75, 3.05) is 10.6 Å². The summed E-state index contributed by atoms with van der Waals surface area (Å²) in [6, 6.07) is 15.6. The van der Waals surface area contributed by atoms with Gasteiger partial charge < -0.3 is 19.9 Å². The standard InChI is InChI=1S/C22H16F3N5O2/c23-22(24,25)15-4-3-5-17(12-15)29-21(31)28-16-6-8-18(9-7-16)32-20-13-19(26-14-27-20)30-10-1-2-11-30/h1-14H,(H2,28,29,31). The molecule has 0 aliphatic rings. The SMILES string of the molecule is O=C(Nc1ccc(Oc2cc(-n3cccc3)ncn2)cc1)Nc1cccc(C(F)(F)F)c1. The van der Waals surface area contributed by atoms with Crippen LogP contribution < -0.4 is 15.4 Å². The molecule has 2 aromatic heterocycles. The van der Waals surface area contributed by atoms with Gasteiger partial charge in [0.05, 0.1) is 5.56 Å². The molecule has 0 unspecified atom stereocenters. The Morgan fingerprint density at radius 2 is 1.59 bits per heavy atom. The molecule has 0 aliphatic heterocycles. The van der Waals surface area contributed by atoms with Crippen LogP contribution in [-0.2, 0) is 6.18 Å². The summed E-state index contributed by atoms with van der Waals surface area (Å²) in [4.78, 5) is 20.4. The Balaban J connectivity index is 1.37. The summed E-state index contributed by atoms with van der Waals surface area (Å²) in [5.74, 6) is 1.46. The Labute approximate surface area is 180 Å². The first-order valence-electron chi connectivity index (χ1n) is 9.35. The predicted octanol–water partition coefficient (Wildman–Crippen LogP) is 5.72. The monoisotopic (exact) mass is 439 g/mol. The fraction of sp³-hybridized carbons (Fsp3) is 0.0455. The van der Waals surface area contributed by atoms with Crippen molar-refractivity contribution in [1.82, 2.24) is 14.5 Å². The molecule has 162 valence electrons. The maximum atomic E-state index is 12.8. The van der Waals surface area contributed by atoms with Crippen molar-refractivity contribution in [3.05, 3.63) is 91.0 Å². The smallest absolute Gasteiger partial charge is 0.416 e. The normalized spacial score (nSPS) is 11.1. The topological polar surface area (TPSA) is 81.1 Å². The number of ether oxygens (including phenoxy) is 1. The van der Waals surface area contributed by atoms with Gasteiger partial charge in [0.2, 0.25) is 5.88 Å². The van der Waals surface area contributed by atoms with Gasteiger partial charge in [0.1, 0.15) is 17.9 Å². The molecule has 10 heteroatoms. The summed E-state index contributed by atoms with van der Waals surface area (Å²) in [6.07, 6.45) is 0.586. The number of aromatic nitrogens is 3. The van der Waals surface area contributed by atoms with Crippen LogP contribution in [0.1, 0.15) is 5.56 Å². The third kappa shape index (κ3) is 5.22.